The summed E-state index contributed by atoms with van der Waals surface area (Å²) in [4.78, 5) is 19.1. The Bertz CT molecular complexity index is 1210. The number of hydrogen-bond acceptors (Lipinski definition) is 4. The molecule has 2 aromatic carbocycles. The van der Waals surface area contributed by atoms with Crippen molar-refractivity contribution in [1.82, 2.24) is 14.3 Å². The van der Waals surface area contributed by atoms with Gasteiger partial charge in [0.2, 0.25) is 10.0 Å². The Morgan fingerprint density at radius 2 is 1.61 bits per heavy atom. The second-order valence-electron chi connectivity index (χ2n) is 7.09. The van der Waals surface area contributed by atoms with E-state index in [9.17, 15) is 13.2 Å². The molecule has 4 rings (SSSR count). The van der Waals surface area contributed by atoms with Gasteiger partial charge in [-0.1, -0.05) is 12.1 Å². The van der Waals surface area contributed by atoms with Crippen molar-refractivity contribution in [2.75, 3.05) is 31.1 Å². The van der Waals surface area contributed by atoms with Crippen LogP contribution in [-0.2, 0) is 10.0 Å². The summed E-state index contributed by atoms with van der Waals surface area (Å²) in [7, 11) is -3.67. The van der Waals surface area contributed by atoms with Crippen LogP contribution in [0, 0.1) is 13.8 Å². The van der Waals surface area contributed by atoms with E-state index in [-0.39, 0.29) is 10.6 Å². The van der Waals surface area contributed by atoms with Crippen LogP contribution >= 0.6 is 15.9 Å². The van der Waals surface area contributed by atoms with E-state index in [0.717, 1.165) is 5.69 Å². The number of halogens is 1. The summed E-state index contributed by atoms with van der Waals surface area (Å²) in [5.41, 5.74) is 4.21. The lowest BCUT2D eigenvalue weighted by Crippen LogP contribution is -2.48. The van der Waals surface area contributed by atoms with Crippen molar-refractivity contribution in [3.8, 4) is 0 Å². The Morgan fingerprint density at radius 3 is 2.29 bits per heavy atom. The fourth-order valence-corrected chi connectivity index (χ4v) is 6.05. The summed E-state index contributed by atoms with van der Waals surface area (Å²) in [5, 5.41) is 0. The zero-order valence-electron chi connectivity index (χ0n) is 15.6. The summed E-state index contributed by atoms with van der Waals surface area (Å²) in [6.07, 6.45) is 0. The van der Waals surface area contributed by atoms with E-state index in [1.165, 1.54) is 21.5 Å². The molecule has 2 heterocycles. The summed E-state index contributed by atoms with van der Waals surface area (Å²) in [6.45, 7) is 6.20. The Hall–Kier alpha value is -2.10. The quantitative estimate of drug-likeness (QED) is 0.623. The van der Waals surface area contributed by atoms with Gasteiger partial charge in [0.15, 0.2) is 0 Å². The number of anilines is 1. The monoisotopic (exact) mass is 464 g/mol. The smallest absolute Gasteiger partial charge is 0.323 e. The third-order valence-electron chi connectivity index (χ3n) is 5.13. The highest BCUT2D eigenvalue weighted by molar-refractivity contribution is 9.10. The van der Waals surface area contributed by atoms with Crippen LogP contribution in [0.15, 0.2) is 44.5 Å². The number of aromatic nitrogens is 2. The molecule has 3 aromatic rings. The Labute approximate surface area is 171 Å². The summed E-state index contributed by atoms with van der Waals surface area (Å²) >= 11 is 3.34. The van der Waals surface area contributed by atoms with E-state index in [1.54, 1.807) is 6.07 Å². The van der Waals surface area contributed by atoms with Gasteiger partial charge >= 0.3 is 5.69 Å². The molecule has 0 bridgehead atoms. The van der Waals surface area contributed by atoms with Gasteiger partial charge in [0.1, 0.15) is 0 Å². The number of aromatic amines is 2. The zero-order valence-corrected chi connectivity index (χ0v) is 18.0. The van der Waals surface area contributed by atoms with Crippen LogP contribution in [0.4, 0.5) is 5.69 Å². The van der Waals surface area contributed by atoms with Crippen LogP contribution in [0.1, 0.15) is 11.1 Å². The lowest BCUT2D eigenvalue weighted by molar-refractivity contribution is 0.384. The minimum atomic E-state index is -3.67. The van der Waals surface area contributed by atoms with Gasteiger partial charge < -0.3 is 14.9 Å². The summed E-state index contributed by atoms with van der Waals surface area (Å²) in [5.74, 6) is 0. The number of hydrogen-bond donors (Lipinski definition) is 2. The van der Waals surface area contributed by atoms with Crippen LogP contribution in [0.5, 0.6) is 0 Å². The number of aryl methyl sites for hydroxylation is 2. The number of piperazine rings is 1. The minimum Gasteiger partial charge on any atom is -0.369 e. The van der Waals surface area contributed by atoms with E-state index in [2.05, 4.69) is 62.8 Å². The fraction of sp³-hybridized carbons (Fsp3) is 0.316. The third-order valence-corrected chi connectivity index (χ3v) is 7.99. The van der Waals surface area contributed by atoms with Crippen molar-refractivity contribution >= 4 is 42.7 Å². The molecule has 0 unspecified atom stereocenters. The lowest BCUT2D eigenvalue weighted by Gasteiger charge is -2.36. The minimum absolute atomic E-state index is 0.162. The molecule has 0 atom stereocenters. The normalized spacial score (nSPS) is 16.0. The molecule has 1 saturated heterocycles. The van der Waals surface area contributed by atoms with Crippen molar-refractivity contribution in [2.45, 2.75) is 18.7 Å². The molecule has 0 aliphatic carbocycles. The number of nitrogens with zero attached hydrogens (tertiary/aromatic N) is 2. The molecular weight excluding hydrogens is 444 g/mol. The molecule has 0 saturated carbocycles. The standard InChI is InChI=1S/C19H21BrN4O3S/c1-12-3-4-13(2)17(9-12)23-5-7-24(8-6-23)28(26,27)18-11-16-15(10-14(18)20)21-19(25)22-16/h3-4,9-11H,5-8H2,1-2H3,(H2,21,22,25). The largest absolute Gasteiger partial charge is 0.369 e. The highest BCUT2D eigenvalue weighted by atomic mass is 79.9. The van der Waals surface area contributed by atoms with Crippen molar-refractivity contribution in [2.24, 2.45) is 0 Å². The number of fused-ring (bicyclic) bond motifs is 1. The van der Waals surface area contributed by atoms with E-state index < -0.39 is 10.0 Å². The molecular formula is C19H21BrN4O3S. The SMILES string of the molecule is Cc1ccc(C)c(N2CCN(S(=O)(=O)c3cc4[nH]c(=O)[nH]c4cc3Br)CC2)c1. The molecule has 2 N–H and O–H groups in total. The zero-order chi connectivity index (χ0) is 20.1. The van der Waals surface area contributed by atoms with Crippen LogP contribution in [0.3, 0.4) is 0 Å². The molecule has 7 nitrogen and oxygen atoms in total. The molecule has 1 aliphatic heterocycles. The Balaban J connectivity index is 1.59. The van der Waals surface area contributed by atoms with E-state index in [1.807, 2.05) is 0 Å². The molecule has 0 radical (unpaired) electrons. The first-order chi connectivity index (χ1) is 13.3. The Morgan fingerprint density at radius 1 is 0.964 bits per heavy atom. The van der Waals surface area contributed by atoms with Crippen molar-refractivity contribution < 1.29 is 8.42 Å². The van der Waals surface area contributed by atoms with Crippen LogP contribution in [-0.4, -0.2) is 48.9 Å². The first-order valence-electron chi connectivity index (χ1n) is 8.99. The van der Waals surface area contributed by atoms with E-state index >= 15 is 0 Å². The summed E-state index contributed by atoms with van der Waals surface area (Å²) in [6, 6.07) is 9.44. The molecule has 1 fully saturated rings. The van der Waals surface area contributed by atoms with Gasteiger partial charge in [-0.3, -0.25) is 0 Å². The average molecular weight is 465 g/mol. The van der Waals surface area contributed by atoms with Crippen molar-refractivity contribution in [3.05, 3.63) is 56.4 Å². The van der Waals surface area contributed by atoms with Crippen LogP contribution in [0.2, 0.25) is 0 Å². The second kappa shape index (κ2) is 7.06. The molecule has 1 aliphatic rings. The molecule has 148 valence electrons. The molecule has 1 aromatic heterocycles. The highest BCUT2D eigenvalue weighted by Crippen LogP contribution is 2.30. The molecule has 0 spiro atoms. The number of rotatable bonds is 3. The predicted molar refractivity (Wildman–Crippen MR) is 114 cm³/mol. The number of H-pyrrole nitrogens is 2. The first kappa shape index (κ1) is 19.2. The fourth-order valence-electron chi connectivity index (χ4n) is 3.60. The van der Waals surface area contributed by atoms with Gasteiger partial charge in [-0.25, -0.2) is 13.2 Å². The number of imidazole rings is 1. The average Bonchev–Trinajstić information content (AvgIpc) is 3.02. The summed E-state index contributed by atoms with van der Waals surface area (Å²) < 4.78 is 28.3. The molecule has 0 amide bonds. The molecule has 28 heavy (non-hydrogen) atoms. The lowest BCUT2D eigenvalue weighted by atomic mass is 10.1. The second-order valence-corrected chi connectivity index (χ2v) is 9.85. The number of sulfonamides is 1. The van der Waals surface area contributed by atoms with Gasteiger partial charge in [0.25, 0.3) is 0 Å². The maximum Gasteiger partial charge on any atom is 0.323 e. The van der Waals surface area contributed by atoms with Gasteiger partial charge in [-0.2, -0.15) is 4.31 Å². The first-order valence-corrected chi connectivity index (χ1v) is 11.2. The maximum atomic E-state index is 13.2. The Kier molecular flexibility index (Phi) is 4.84. The number of benzene rings is 2. The van der Waals surface area contributed by atoms with E-state index in [0.29, 0.717) is 41.7 Å². The van der Waals surface area contributed by atoms with Gasteiger partial charge in [-0.05, 0) is 59.1 Å². The predicted octanol–water partition coefficient (Wildman–Crippen LogP) is 2.75. The van der Waals surface area contributed by atoms with Gasteiger partial charge in [0, 0.05) is 36.3 Å². The van der Waals surface area contributed by atoms with Crippen molar-refractivity contribution in [3.63, 3.8) is 0 Å². The van der Waals surface area contributed by atoms with Crippen LogP contribution < -0.4 is 10.6 Å². The third kappa shape index (κ3) is 3.38. The van der Waals surface area contributed by atoms with Gasteiger partial charge in [0.05, 0.1) is 15.9 Å². The van der Waals surface area contributed by atoms with Crippen molar-refractivity contribution in [1.29, 1.82) is 0 Å². The topological polar surface area (TPSA) is 89.3 Å². The van der Waals surface area contributed by atoms with E-state index in [4.69, 9.17) is 0 Å². The highest BCUT2D eigenvalue weighted by Gasteiger charge is 2.31. The number of nitrogens with one attached hydrogen (secondary N) is 2. The molecule has 9 heteroatoms. The van der Waals surface area contributed by atoms with Crippen LogP contribution in [0.25, 0.3) is 11.0 Å². The van der Waals surface area contributed by atoms with Gasteiger partial charge in [-0.15, -0.1) is 0 Å². The maximum absolute atomic E-state index is 13.2.